The maximum atomic E-state index is 11.8. The fourth-order valence-electron chi connectivity index (χ4n) is 1.78. The molecule has 1 aliphatic carbocycles. The van der Waals surface area contributed by atoms with E-state index < -0.39 is 5.41 Å². The van der Waals surface area contributed by atoms with E-state index in [1.807, 2.05) is 20.8 Å². The van der Waals surface area contributed by atoms with E-state index in [-0.39, 0.29) is 42.5 Å². The summed E-state index contributed by atoms with van der Waals surface area (Å²) in [7, 11) is 0. The third kappa shape index (κ3) is 2.50. The standard InChI is InChI=1S/C11H16O3/c1-11(2,3)10(14)7-4-8(12)6-9(13)5-7/h7H,4-6H2,1-3H3. The third-order valence-corrected chi connectivity index (χ3v) is 2.45. The molecule has 0 aromatic rings. The molecular formula is C11H16O3. The van der Waals surface area contributed by atoms with Crippen LogP contribution in [0.1, 0.15) is 40.0 Å². The van der Waals surface area contributed by atoms with Crippen LogP contribution < -0.4 is 0 Å². The van der Waals surface area contributed by atoms with Crippen molar-refractivity contribution in [2.75, 3.05) is 0 Å². The molecule has 3 nitrogen and oxygen atoms in total. The number of hydrogen-bond donors (Lipinski definition) is 0. The molecule has 1 rings (SSSR count). The Morgan fingerprint density at radius 2 is 1.57 bits per heavy atom. The molecule has 0 N–H and O–H groups in total. The van der Waals surface area contributed by atoms with Gasteiger partial charge in [0.1, 0.15) is 17.3 Å². The van der Waals surface area contributed by atoms with E-state index in [4.69, 9.17) is 0 Å². The highest BCUT2D eigenvalue weighted by Crippen LogP contribution is 2.28. The Bertz CT molecular complexity index is 267. The van der Waals surface area contributed by atoms with Gasteiger partial charge in [0.25, 0.3) is 0 Å². The second-order valence-electron chi connectivity index (χ2n) is 4.97. The van der Waals surface area contributed by atoms with Crippen LogP contribution in [0.5, 0.6) is 0 Å². The van der Waals surface area contributed by atoms with Gasteiger partial charge >= 0.3 is 0 Å². The van der Waals surface area contributed by atoms with E-state index >= 15 is 0 Å². The van der Waals surface area contributed by atoms with Crippen LogP contribution >= 0.6 is 0 Å². The molecule has 0 aromatic carbocycles. The summed E-state index contributed by atoms with van der Waals surface area (Å²) >= 11 is 0. The smallest absolute Gasteiger partial charge is 0.142 e. The van der Waals surface area contributed by atoms with Gasteiger partial charge in [-0.25, -0.2) is 0 Å². The number of hydrogen-bond acceptors (Lipinski definition) is 3. The quantitative estimate of drug-likeness (QED) is 0.598. The Kier molecular flexibility index (Phi) is 2.88. The van der Waals surface area contributed by atoms with Crippen molar-refractivity contribution in [1.29, 1.82) is 0 Å². The van der Waals surface area contributed by atoms with Gasteiger partial charge < -0.3 is 0 Å². The average molecular weight is 196 g/mol. The molecule has 0 unspecified atom stereocenters. The zero-order valence-electron chi connectivity index (χ0n) is 8.92. The zero-order chi connectivity index (χ0) is 10.9. The fourth-order valence-corrected chi connectivity index (χ4v) is 1.78. The minimum absolute atomic E-state index is 0.0217. The molecule has 1 fully saturated rings. The molecule has 0 bridgehead atoms. The van der Waals surface area contributed by atoms with E-state index in [1.54, 1.807) is 0 Å². The lowest BCUT2D eigenvalue weighted by atomic mass is 9.76. The molecule has 14 heavy (non-hydrogen) atoms. The summed E-state index contributed by atoms with van der Waals surface area (Å²) in [5.41, 5.74) is -0.456. The van der Waals surface area contributed by atoms with E-state index in [9.17, 15) is 14.4 Å². The van der Waals surface area contributed by atoms with Crippen molar-refractivity contribution in [3.05, 3.63) is 0 Å². The molecular weight excluding hydrogens is 180 g/mol. The SMILES string of the molecule is CC(C)(C)C(=O)C1CC(=O)CC(=O)C1. The monoisotopic (exact) mass is 196 g/mol. The molecule has 1 aliphatic rings. The van der Waals surface area contributed by atoms with Crippen LogP contribution in [0.3, 0.4) is 0 Å². The first-order chi connectivity index (χ1) is 6.30. The highest BCUT2D eigenvalue weighted by Gasteiger charge is 2.35. The number of ketones is 3. The highest BCUT2D eigenvalue weighted by molar-refractivity contribution is 6.06. The van der Waals surface area contributed by atoms with Gasteiger partial charge in [0.15, 0.2) is 0 Å². The Labute approximate surface area is 83.9 Å². The van der Waals surface area contributed by atoms with Gasteiger partial charge in [0.2, 0.25) is 0 Å². The van der Waals surface area contributed by atoms with Gasteiger partial charge in [0.05, 0.1) is 6.42 Å². The minimum Gasteiger partial charge on any atom is -0.299 e. The van der Waals surface area contributed by atoms with E-state index in [2.05, 4.69) is 0 Å². The number of rotatable bonds is 1. The van der Waals surface area contributed by atoms with Crippen molar-refractivity contribution in [2.45, 2.75) is 40.0 Å². The van der Waals surface area contributed by atoms with E-state index in [0.717, 1.165) is 0 Å². The van der Waals surface area contributed by atoms with Gasteiger partial charge in [-0.1, -0.05) is 20.8 Å². The van der Waals surface area contributed by atoms with Crippen molar-refractivity contribution in [2.24, 2.45) is 11.3 Å². The molecule has 1 saturated carbocycles. The normalized spacial score (nSPS) is 19.9. The van der Waals surface area contributed by atoms with Crippen LogP contribution in [0.2, 0.25) is 0 Å². The summed E-state index contributed by atoms with van der Waals surface area (Å²) in [4.78, 5) is 34.1. The predicted molar refractivity (Wildman–Crippen MR) is 51.8 cm³/mol. The molecule has 0 heterocycles. The van der Waals surface area contributed by atoms with Gasteiger partial charge in [0, 0.05) is 24.2 Å². The van der Waals surface area contributed by atoms with Gasteiger partial charge in [-0.3, -0.25) is 14.4 Å². The van der Waals surface area contributed by atoms with E-state index in [0.29, 0.717) is 0 Å². The van der Waals surface area contributed by atoms with Crippen LogP contribution in [-0.2, 0) is 14.4 Å². The molecule has 0 aromatic heterocycles. The van der Waals surface area contributed by atoms with Crippen molar-refractivity contribution in [1.82, 2.24) is 0 Å². The number of carbonyl (C=O) groups is 3. The first-order valence-corrected chi connectivity index (χ1v) is 4.88. The topological polar surface area (TPSA) is 51.2 Å². The summed E-state index contributed by atoms with van der Waals surface area (Å²) in [5.74, 6) is -0.532. The zero-order valence-corrected chi connectivity index (χ0v) is 8.92. The van der Waals surface area contributed by atoms with Crippen molar-refractivity contribution < 1.29 is 14.4 Å². The Morgan fingerprint density at radius 3 is 1.93 bits per heavy atom. The van der Waals surface area contributed by atoms with Crippen LogP contribution in [0.15, 0.2) is 0 Å². The Balaban J connectivity index is 2.74. The Morgan fingerprint density at radius 1 is 1.14 bits per heavy atom. The van der Waals surface area contributed by atoms with Crippen LogP contribution in [-0.4, -0.2) is 17.3 Å². The maximum Gasteiger partial charge on any atom is 0.142 e. The largest absolute Gasteiger partial charge is 0.299 e. The second-order valence-corrected chi connectivity index (χ2v) is 4.97. The molecule has 0 amide bonds. The lowest BCUT2D eigenvalue weighted by Crippen LogP contribution is -2.35. The number of carbonyl (C=O) groups excluding carboxylic acids is 3. The molecule has 0 radical (unpaired) electrons. The first-order valence-electron chi connectivity index (χ1n) is 4.88. The third-order valence-electron chi connectivity index (χ3n) is 2.45. The number of Topliss-reactive ketones (excluding diaryl/α,β-unsaturated/α-hetero) is 3. The summed E-state index contributed by atoms with van der Waals surface area (Å²) < 4.78 is 0. The molecule has 0 spiro atoms. The van der Waals surface area contributed by atoms with Crippen molar-refractivity contribution in [3.8, 4) is 0 Å². The molecule has 0 atom stereocenters. The summed E-state index contributed by atoms with van der Waals surface area (Å²) in [6.07, 6.45) is 0.525. The van der Waals surface area contributed by atoms with Gasteiger partial charge in [-0.05, 0) is 0 Å². The summed E-state index contributed by atoms with van der Waals surface area (Å²) in [6, 6.07) is 0. The summed E-state index contributed by atoms with van der Waals surface area (Å²) in [6.45, 7) is 5.46. The first kappa shape index (κ1) is 11.1. The van der Waals surface area contributed by atoms with Crippen molar-refractivity contribution >= 4 is 17.3 Å². The lowest BCUT2D eigenvalue weighted by Gasteiger charge is -2.26. The van der Waals surface area contributed by atoms with Gasteiger partial charge in [-0.15, -0.1) is 0 Å². The lowest BCUT2D eigenvalue weighted by molar-refractivity contribution is -0.140. The molecule has 0 aliphatic heterocycles. The molecule has 3 heteroatoms. The molecule has 78 valence electrons. The van der Waals surface area contributed by atoms with E-state index in [1.165, 1.54) is 0 Å². The maximum absolute atomic E-state index is 11.8. The predicted octanol–water partition coefficient (Wildman–Crippen LogP) is 1.54. The van der Waals surface area contributed by atoms with Crippen LogP contribution in [0, 0.1) is 11.3 Å². The minimum atomic E-state index is -0.456. The Hall–Kier alpha value is -0.990. The fraction of sp³-hybridized carbons (Fsp3) is 0.727. The second kappa shape index (κ2) is 3.64. The molecule has 0 saturated heterocycles. The van der Waals surface area contributed by atoms with Crippen molar-refractivity contribution in [3.63, 3.8) is 0 Å². The van der Waals surface area contributed by atoms with Crippen LogP contribution in [0.25, 0.3) is 0 Å². The van der Waals surface area contributed by atoms with Gasteiger partial charge in [-0.2, -0.15) is 0 Å². The van der Waals surface area contributed by atoms with Crippen LogP contribution in [0.4, 0.5) is 0 Å². The average Bonchev–Trinajstić information content (AvgIpc) is 1.99. The highest BCUT2D eigenvalue weighted by atomic mass is 16.2. The summed E-state index contributed by atoms with van der Waals surface area (Å²) in [5, 5.41) is 0.